The van der Waals surface area contributed by atoms with Gasteiger partial charge in [-0.15, -0.1) is 0 Å². The number of anilines is 1. The molecule has 2 aliphatic rings. The molecule has 4 rings (SSSR count). The quantitative estimate of drug-likeness (QED) is 0.614. The molecule has 2 aliphatic heterocycles. The highest BCUT2D eigenvalue weighted by molar-refractivity contribution is 8.18. The predicted molar refractivity (Wildman–Crippen MR) is 93.6 cm³/mol. The number of nitrogens with zero attached hydrogens (tertiary/aromatic N) is 4. The molecule has 0 saturated carbocycles. The zero-order chi connectivity index (χ0) is 16.5. The van der Waals surface area contributed by atoms with Crippen molar-refractivity contribution in [2.75, 3.05) is 18.0 Å². The Labute approximate surface area is 143 Å². The van der Waals surface area contributed by atoms with Crippen molar-refractivity contribution in [3.63, 3.8) is 0 Å². The average molecular weight is 340 g/mol. The SMILES string of the molecule is O=C1CC(=O)/C(=C/c2ccc3ncnc(N4CCCCC4)c3n2)S1. The van der Waals surface area contributed by atoms with Crippen molar-refractivity contribution in [3.05, 3.63) is 29.1 Å². The number of hydrogen-bond donors (Lipinski definition) is 0. The van der Waals surface area contributed by atoms with Crippen LogP contribution in [0.3, 0.4) is 0 Å². The van der Waals surface area contributed by atoms with Crippen molar-refractivity contribution in [2.24, 2.45) is 0 Å². The Morgan fingerprint density at radius 2 is 1.92 bits per heavy atom. The highest BCUT2D eigenvalue weighted by Gasteiger charge is 2.26. The third-order valence-corrected chi connectivity index (χ3v) is 5.16. The Kier molecular flexibility index (Phi) is 4.02. The first-order valence-electron chi connectivity index (χ1n) is 8.03. The normalized spacial score (nSPS) is 20.3. The second kappa shape index (κ2) is 6.32. The van der Waals surface area contributed by atoms with E-state index in [9.17, 15) is 9.59 Å². The summed E-state index contributed by atoms with van der Waals surface area (Å²) in [5, 5.41) is -0.107. The molecular weight excluding hydrogens is 324 g/mol. The van der Waals surface area contributed by atoms with Gasteiger partial charge in [0.15, 0.2) is 11.6 Å². The minimum Gasteiger partial charge on any atom is -0.355 e. The van der Waals surface area contributed by atoms with Crippen LogP contribution in [-0.4, -0.2) is 38.9 Å². The lowest BCUT2D eigenvalue weighted by molar-refractivity contribution is -0.119. The zero-order valence-electron chi connectivity index (χ0n) is 13.1. The van der Waals surface area contributed by atoms with E-state index in [1.54, 1.807) is 12.4 Å². The van der Waals surface area contributed by atoms with Crippen LogP contribution in [0.15, 0.2) is 23.4 Å². The van der Waals surface area contributed by atoms with E-state index in [2.05, 4.69) is 19.9 Å². The minimum atomic E-state index is -0.132. The minimum absolute atomic E-state index is 0.0216. The van der Waals surface area contributed by atoms with Crippen molar-refractivity contribution < 1.29 is 9.59 Å². The number of aromatic nitrogens is 3. The fourth-order valence-corrected chi connectivity index (χ4v) is 3.85. The lowest BCUT2D eigenvalue weighted by Crippen LogP contribution is -2.30. The summed E-state index contributed by atoms with van der Waals surface area (Å²) in [4.78, 5) is 39.3. The average Bonchev–Trinajstić information content (AvgIpc) is 2.92. The maximum Gasteiger partial charge on any atom is 0.201 e. The smallest absolute Gasteiger partial charge is 0.201 e. The number of rotatable bonds is 2. The topological polar surface area (TPSA) is 76.1 Å². The Hall–Kier alpha value is -2.28. The number of thioether (sulfide) groups is 1. The molecule has 7 heteroatoms. The van der Waals surface area contributed by atoms with Crippen LogP contribution in [0.1, 0.15) is 31.4 Å². The molecule has 6 nitrogen and oxygen atoms in total. The number of pyridine rings is 1. The highest BCUT2D eigenvalue weighted by atomic mass is 32.2. The van der Waals surface area contributed by atoms with Gasteiger partial charge < -0.3 is 4.90 Å². The molecule has 2 fully saturated rings. The number of carbonyl (C=O) groups excluding carboxylic acids is 2. The molecule has 24 heavy (non-hydrogen) atoms. The molecule has 0 unspecified atom stereocenters. The number of allylic oxidation sites excluding steroid dienone is 1. The fourth-order valence-electron chi connectivity index (χ4n) is 3.04. The first-order valence-corrected chi connectivity index (χ1v) is 8.85. The highest BCUT2D eigenvalue weighted by Crippen LogP contribution is 2.31. The largest absolute Gasteiger partial charge is 0.355 e. The van der Waals surface area contributed by atoms with E-state index >= 15 is 0 Å². The van der Waals surface area contributed by atoms with Gasteiger partial charge in [0.1, 0.15) is 11.8 Å². The summed E-state index contributed by atoms with van der Waals surface area (Å²) in [5.74, 6) is 0.717. The molecule has 2 aromatic rings. The Balaban J connectivity index is 1.75. The molecule has 0 spiro atoms. The third-order valence-electron chi connectivity index (χ3n) is 4.22. The first kappa shape index (κ1) is 15.3. The number of Topliss-reactive ketones (excluding diaryl/α,β-unsaturated/α-hetero) is 1. The van der Waals surface area contributed by atoms with Gasteiger partial charge in [0.25, 0.3) is 0 Å². The summed E-state index contributed by atoms with van der Waals surface area (Å²) < 4.78 is 0. The summed E-state index contributed by atoms with van der Waals surface area (Å²) in [7, 11) is 0. The standard InChI is InChI=1S/C17H16N4O2S/c22-13-9-15(23)24-14(13)8-11-4-5-12-16(20-11)17(19-10-18-12)21-6-2-1-3-7-21/h4-5,8,10H,1-3,6-7,9H2/b14-8-. The summed E-state index contributed by atoms with van der Waals surface area (Å²) in [6, 6.07) is 3.70. The van der Waals surface area contributed by atoms with Crippen LogP contribution in [0.5, 0.6) is 0 Å². The van der Waals surface area contributed by atoms with E-state index in [-0.39, 0.29) is 17.3 Å². The monoisotopic (exact) mass is 340 g/mol. The van der Waals surface area contributed by atoms with Crippen LogP contribution in [0, 0.1) is 0 Å². The van der Waals surface area contributed by atoms with Gasteiger partial charge in [-0.05, 0) is 49.2 Å². The summed E-state index contributed by atoms with van der Waals surface area (Å²) >= 11 is 0.997. The first-order chi connectivity index (χ1) is 11.7. The number of carbonyl (C=O) groups is 2. The van der Waals surface area contributed by atoms with Crippen LogP contribution in [0.2, 0.25) is 0 Å². The summed E-state index contributed by atoms with van der Waals surface area (Å²) in [6.45, 7) is 1.95. The molecule has 2 aromatic heterocycles. The van der Waals surface area contributed by atoms with Crippen molar-refractivity contribution in [2.45, 2.75) is 25.7 Å². The maximum absolute atomic E-state index is 11.8. The molecule has 0 aliphatic carbocycles. The van der Waals surface area contributed by atoms with Gasteiger partial charge >= 0.3 is 0 Å². The van der Waals surface area contributed by atoms with Gasteiger partial charge in [-0.3, -0.25) is 9.59 Å². The van der Waals surface area contributed by atoms with Crippen molar-refractivity contribution >= 4 is 45.6 Å². The van der Waals surface area contributed by atoms with E-state index in [4.69, 9.17) is 0 Å². The summed E-state index contributed by atoms with van der Waals surface area (Å²) in [6.07, 6.45) is 6.79. The molecule has 0 atom stereocenters. The van der Waals surface area contributed by atoms with Crippen molar-refractivity contribution in [1.82, 2.24) is 15.0 Å². The number of hydrogen-bond acceptors (Lipinski definition) is 7. The van der Waals surface area contributed by atoms with Crippen molar-refractivity contribution in [3.8, 4) is 0 Å². The van der Waals surface area contributed by atoms with Crippen LogP contribution < -0.4 is 4.90 Å². The van der Waals surface area contributed by atoms with Gasteiger partial charge in [0, 0.05) is 13.1 Å². The van der Waals surface area contributed by atoms with Crippen LogP contribution in [0.4, 0.5) is 5.82 Å². The third kappa shape index (κ3) is 2.91. The Morgan fingerprint density at radius 3 is 2.67 bits per heavy atom. The molecule has 0 amide bonds. The number of piperidine rings is 1. The Morgan fingerprint density at radius 1 is 1.08 bits per heavy atom. The number of fused-ring (bicyclic) bond motifs is 1. The lowest BCUT2D eigenvalue weighted by atomic mass is 10.1. The number of ketones is 1. The second-order valence-corrected chi connectivity index (χ2v) is 7.03. The van der Waals surface area contributed by atoms with Gasteiger partial charge in [0.2, 0.25) is 5.12 Å². The molecule has 0 N–H and O–H groups in total. The molecule has 4 heterocycles. The molecule has 2 saturated heterocycles. The molecule has 0 radical (unpaired) electrons. The van der Waals surface area contributed by atoms with Crippen LogP contribution in [-0.2, 0) is 9.59 Å². The predicted octanol–water partition coefficient (Wildman–Crippen LogP) is 2.59. The van der Waals surface area contributed by atoms with E-state index in [1.165, 1.54) is 6.42 Å². The Bertz CT molecular complexity index is 859. The molecule has 0 bridgehead atoms. The van der Waals surface area contributed by atoms with Gasteiger partial charge in [-0.2, -0.15) is 0 Å². The maximum atomic E-state index is 11.8. The molecule has 122 valence electrons. The summed E-state index contributed by atoms with van der Waals surface area (Å²) in [5.41, 5.74) is 2.19. The van der Waals surface area contributed by atoms with Gasteiger partial charge in [0.05, 0.1) is 22.5 Å². The zero-order valence-corrected chi connectivity index (χ0v) is 13.9. The second-order valence-electron chi connectivity index (χ2n) is 5.93. The van der Waals surface area contributed by atoms with Gasteiger partial charge in [-0.25, -0.2) is 15.0 Å². The lowest BCUT2D eigenvalue weighted by Gasteiger charge is -2.28. The van der Waals surface area contributed by atoms with E-state index < -0.39 is 0 Å². The molecule has 0 aromatic carbocycles. The fraction of sp³-hybridized carbons (Fsp3) is 0.353. The van der Waals surface area contributed by atoms with Crippen LogP contribution in [0.25, 0.3) is 17.1 Å². The van der Waals surface area contributed by atoms with Gasteiger partial charge in [-0.1, -0.05) is 0 Å². The van der Waals surface area contributed by atoms with Crippen LogP contribution >= 0.6 is 11.8 Å². The van der Waals surface area contributed by atoms with E-state index in [1.807, 2.05) is 12.1 Å². The van der Waals surface area contributed by atoms with E-state index in [0.717, 1.165) is 54.5 Å². The van der Waals surface area contributed by atoms with Crippen molar-refractivity contribution in [1.29, 1.82) is 0 Å². The molecular formula is C17H16N4O2S. The van der Waals surface area contributed by atoms with E-state index in [0.29, 0.717) is 10.6 Å².